The molecule has 7 aromatic carbocycles. The fourth-order valence-electron chi connectivity index (χ4n) is 8.60. The Morgan fingerprint density at radius 1 is 0.383 bits per heavy atom. The van der Waals surface area contributed by atoms with Crippen LogP contribution in [-0.4, -0.2) is 0 Å². The fraction of sp³-hybridized carbons (Fsp3) is 0.130. The van der Waals surface area contributed by atoms with Crippen LogP contribution in [0.15, 0.2) is 152 Å². The molecule has 0 aromatic heterocycles. The van der Waals surface area contributed by atoms with Crippen molar-refractivity contribution in [3.63, 3.8) is 0 Å². The molecule has 9 rings (SSSR count). The van der Waals surface area contributed by atoms with Crippen molar-refractivity contribution in [2.75, 3.05) is 4.90 Å². The highest BCUT2D eigenvalue weighted by atomic mass is 15.1. The molecule has 0 saturated carbocycles. The number of benzene rings is 7. The average molecular weight is 604 g/mol. The predicted octanol–water partition coefficient (Wildman–Crippen LogP) is 12.6. The van der Waals surface area contributed by atoms with Crippen LogP contribution in [0.3, 0.4) is 0 Å². The molecule has 0 saturated heterocycles. The molecule has 0 amide bonds. The zero-order valence-electron chi connectivity index (χ0n) is 27.4. The maximum absolute atomic E-state index is 2.54. The second-order valence-corrected chi connectivity index (χ2v) is 14.2. The summed E-state index contributed by atoms with van der Waals surface area (Å²) in [4.78, 5) is 2.54. The molecule has 7 aromatic rings. The van der Waals surface area contributed by atoms with Crippen LogP contribution in [0.2, 0.25) is 0 Å². The van der Waals surface area contributed by atoms with Gasteiger partial charge >= 0.3 is 0 Å². The van der Waals surface area contributed by atoms with E-state index in [1.807, 2.05) is 0 Å². The maximum atomic E-state index is 2.54. The monoisotopic (exact) mass is 603 g/mol. The van der Waals surface area contributed by atoms with Crippen LogP contribution in [0.25, 0.3) is 44.2 Å². The molecule has 226 valence electrons. The third kappa shape index (κ3) is 3.96. The standard InChI is InChI=1S/C46H37N/c1-45(2)39-23-10-7-18-34(39)36-28-27-31(29-41(36)45)47(43-26-14-22-38-35-19-8-11-24-40(35)46(3,4)44(38)43)42-25-12-9-20-37(42)33-21-13-16-30-15-5-6-17-32(30)33/h5-29H,1-4H3. The van der Waals surface area contributed by atoms with E-state index in [2.05, 4.69) is 184 Å². The van der Waals surface area contributed by atoms with Gasteiger partial charge in [0, 0.05) is 22.1 Å². The van der Waals surface area contributed by atoms with E-state index >= 15 is 0 Å². The third-order valence-corrected chi connectivity index (χ3v) is 10.8. The van der Waals surface area contributed by atoms with Gasteiger partial charge in [-0.25, -0.2) is 0 Å². The lowest BCUT2D eigenvalue weighted by atomic mass is 9.80. The van der Waals surface area contributed by atoms with E-state index < -0.39 is 0 Å². The Kier molecular flexibility index (Phi) is 5.96. The Bertz CT molecular complexity index is 2370. The van der Waals surface area contributed by atoms with Gasteiger partial charge < -0.3 is 4.90 Å². The molecule has 0 aliphatic heterocycles. The topological polar surface area (TPSA) is 3.24 Å². The van der Waals surface area contributed by atoms with Crippen molar-refractivity contribution < 1.29 is 0 Å². The van der Waals surface area contributed by atoms with Crippen molar-refractivity contribution in [1.82, 2.24) is 0 Å². The summed E-state index contributed by atoms with van der Waals surface area (Å²) in [6.07, 6.45) is 0. The molecule has 0 spiro atoms. The number of nitrogens with zero attached hydrogens (tertiary/aromatic N) is 1. The lowest BCUT2D eigenvalue weighted by Gasteiger charge is -2.34. The minimum atomic E-state index is -0.165. The van der Waals surface area contributed by atoms with Crippen molar-refractivity contribution in [2.45, 2.75) is 38.5 Å². The molecule has 0 heterocycles. The number of para-hydroxylation sites is 1. The quantitative estimate of drug-likeness (QED) is 0.193. The lowest BCUT2D eigenvalue weighted by Crippen LogP contribution is -2.21. The van der Waals surface area contributed by atoms with Gasteiger partial charge in [-0.05, 0) is 85.1 Å². The van der Waals surface area contributed by atoms with Crippen LogP contribution in [0.5, 0.6) is 0 Å². The predicted molar refractivity (Wildman–Crippen MR) is 199 cm³/mol. The van der Waals surface area contributed by atoms with Crippen LogP contribution in [0, 0.1) is 0 Å². The van der Waals surface area contributed by atoms with Gasteiger partial charge in [-0.2, -0.15) is 0 Å². The van der Waals surface area contributed by atoms with Gasteiger partial charge in [-0.1, -0.05) is 155 Å². The van der Waals surface area contributed by atoms with Crippen LogP contribution in [0.4, 0.5) is 17.1 Å². The molecular formula is C46H37N. The molecule has 2 aliphatic carbocycles. The molecule has 2 aliphatic rings. The zero-order chi connectivity index (χ0) is 31.9. The molecule has 1 nitrogen and oxygen atoms in total. The highest BCUT2D eigenvalue weighted by Gasteiger charge is 2.40. The first-order chi connectivity index (χ1) is 22.9. The largest absolute Gasteiger partial charge is 0.310 e. The first-order valence-electron chi connectivity index (χ1n) is 16.7. The second kappa shape index (κ2) is 10.0. The normalized spacial score (nSPS) is 14.7. The van der Waals surface area contributed by atoms with Crippen molar-refractivity contribution in [2.24, 2.45) is 0 Å². The van der Waals surface area contributed by atoms with Gasteiger partial charge in [0.05, 0.1) is 11.4 Å². The summed E-state index contributed by atoms with van der Waals surface area (Å²) in [5, 5.41) is 2.51. The highest BCUT2D eigenvalue weighted by Crippen LogP contribution is 2.56. The smallest absolute Gasteiger partial charge is 0.0540 e. The lowest BCUT2D eigenvalue weighted by molar-refractivity contribution is 0.658. The SMILES string of the molecule is CC1(C)c2ccccc2-c2ccc(N(c3ccccc3-c3cccc4ccccc34)c3cccc4c3C(C)(C)c3ccccc3-4)cc21. The average Bonchev–Trinajstić information content (AvgIpc) is 3.48. The van der Waals surface area contributed by atoms with E-state index in [0.29, 0.717) is 0 Å². The fourth-order valence-corrected chi connectivity index (χ4v) is 8.60. The number of hydrogen-bond donors (Lipinski definition) is 0. The molecule has 0 N–H and O–H groups in total. The highest BCUT2D eigenvalue weighted by molar-refractivity contribution is 6.02. The Labute approximate surface area is 277 Å². The van der Waals surface area contributed by atoms with Crippen molar-refractivity contribution >= 4 is 27.8 Å². The van der Waals surface area contributed by atoms with Crippen LogP contribution in [0.1, 0.15) is 49.9 Å². The van der Waals surface area contributed by atoms with Gasteiger partial charge in [-0.15, -0.1) is 0 Å². The van der Waals surface area contributed by atoms with Crippen LogP contribution in [-0.2, 0) is 10.8 Å². The Morgan fingerprint density at radius 2 is 0.915 bits per heavy atom. The number of fused-ring (bicyclic) bond motifs is 7. The van der Waals surface area contributed by atoms with Crippen molar-refractivity contribution in [1.29, 1.82) is 0 Å². The number of rotatable bonds is 4. The number of anilines is 3. The Balaban J connectivity index is 1.34. The van der Waals surface area contributed by atoms with E-state index in [1.54, 1.807) is 0 Å². The summed E-state index contributed by atoms with van der Waals surface area (Å²) in [5.41, 5.74) is 16.6. The van der Waals surface area contributed by atoms with E-state index in [4.69, 9.17) is 0 Å². The summed E-state index contributed by atoms with van der Waals surface area (Å²) < 4.78 is 0. The third-order valence-electron chi connectivity index (χ3n) is 10.8. The van der Waals surface area contributed by atoms with E-state index in [0.717, 1.165) is 0 Å². The minimum Gasteiger partial charge on any atom is -0.310 e. The van der Waals surface area contributed by atoms with Gasteiger partial charge in [0.25, 0.3) is 0 Å². The zero-order valence-corrected chi connectivity index (χ0v) is 27.4. The molecule has 0 bridgehead atoms. The van der Waals surface area contributed by atoms with Crippen molar-refractivity contribution in [3.05, 3.63) is 174 Å². The summed E-state index contributed by atoms with van der Waals surface area (Å²) >= 11 is 0. The number of hydrogen-bond acceptors (Lipinski definition) is 1. The molecule has 1 heteroatoms. The first-order valence-corrected chi connectivity index (χ1v) is 16.7. The summed E-state index contributed by atoms with van der Waals surface area (Å²) in [7, 11) is 0. The summed E-state index contributed by atoms with van der Waals surface area (Å²) in [5.74, 6) is 0. The van der Waals surface area contributed by atoms with Gasteiger partial charge in [-0.3, -0.25) is 0 Å². The summed E-state index contributed by atoms with van der Waals surface area (Å²) in [6.45, 7) is 9.52. The second-order valence-electron chi connectivity index (χ2n) is 14.2. The Hall–Kier alpha value is -5.40. The molecule has 0 atom stereocenters. The Morgan fingerprint density at radius 3 is 1.72 bits per heavy atom. The minimum absolute atomic E-state index is 0.100. The molecule has 0 fully saturated rings. The molecule has 0 radical (unpaired) electrons. The van der Waals surface area contributed by atoms with E-state index in [9.17, 15) is 0 Å². The molecule has 0 unspecified atom stereocenters. The maximum Gasteiger partial charge on any atom is 0.0540 e. The molecule has 47 heavy (non-hydrogen) atoms. The van der Waals surface area contributed by atoms with E-state index in [-0.39, 0.29) is 10.8 Å². The summed E-state index contributed by atoms with van der Waals surface area (Å²) in [6, 6.07) is 56.3. The van der Waals surface area contributed by atoms with Crippen LogP contribution < -0.4 is 4.90 Å². The van der Waals surface area contributed by atoms with Gasteiger partial charge in [0.15, 0.2) is 0 Å². The molecular weight excluding hydrogens is 567 g/mol. The van der Waals surface area contributed by atoms with Gasteiger partial charge in [0.1, 0.15) is 0 Å². The van der Waals surface area contributed by atoms with Crippen LogP contribution >= 0.6 is 0 Å². The first kappa shape index (κ1) is 27.9. The van der Waals surface area contributed by atoms with Gasteiger partial charge in [0.2, 0.25) is 0 Å². The van der Waals surface area contributed by atoms with Crippen molar-refractivity contribution in [3.8, 4) is 33.4 Å². The van der Waals surface area contributed by atoms with E-state index in [1.165, 1.54) is 83.5 Å².